The first-order valence-corrected chi connectivity index (χ1v) is 5.15. The number of carbonyl (C=O) groups excluding carboxylic acids is 1. The minimum atomic E-state index is -1.24. The summed E-state index contributed by atoms with van der Waals surface area (Å²) in [6.07, 6.45) is 0. The van der Waals surface area contributed by atoms with Crippen molar-refractivity contribution in [3.63, 3.8) is 0 Å². The highest BCUT2D eigenvalue weighted by Gasteiger charge is 2.28. The van der Waals surface area contributed by atoms with Gasteiger partial charge in [-0.15, -0.1) is 11.6 Å². The Morgan fingerprint density at radius 3 is 2.50 bits per heavy atom. The third kappa shape index (κ3) is 2.19. The van der Waals surface area contributed by atoms with Crippen LogP contribution in [-0.2, 0) is 10.6 Å². The van der Waals surface area contributed by atoms with Crippen LogP contribution in [0.4, 0.5) is 0 Å². The fraction of sp³-hybridized carbons (Fsp3) is 0.400. The van der Waals surface area contributed by atoms with Crippen molar-refractivity contribution in [2.45, 2.75) is 19.7 Å². The van der Waals surface area contributed by atoms with Crippen molar-refractivity contribution >= 4 is 23.5 Å². The van der Waals surface area contributed by atoms with E-state index in [1.165, 1.54) is 6.92 Å². The fourth-order valence-electron chi connectivity index (χ4n) is 1.37. The van der Waals surface area contributed by atoms with Gasteiger partial charge in [-0.3, -0.25) is 0 Å². The quantitative estimate of drug-likeness (QED) is 0.651. The Bertz CT molecular complexity index is 421. The standard InChI is InChI=1S/C10H11ClO5/c1-3-15-10(14)8-6(4-11)16-5(2)7(8)9(12)13/h3-4H2,1-2H3,(H,12,13). The molecule has 0 aliphatic rings. The molecule has 0 radical (unpaired) electrons. The number of hydrogen-bond acceptors (Lipinski definition) is 4. The molecule has 0 atom stereocenters. The maximum Gasteiger partial charge on any atom is 0.342 e. The van der Waals surface area contributed by atoms with Crippen LogP contribution < -0.4 is 0 Å². The molecule has 1 N–H and O–H groups in total. The minimum absolute atomic E-state index is 0.0811. The zero-order valence-electron chi connectivity index (χ0n) is 8.87. The molecule has 5 nitrogen and oxygen atoms in total. The van der Waals surface area contributed by atoms with Crippen molar-refractivity contribution in [1.82, 2.24) is 0 Å². The lowest BCUT2D eigenvalue weighted by atomic mass is 10.1. The van der Waals surface area contributed by atoms with Gasteiger partial charge in [0.1, 0.15) is 22.6 Å². The molecule has 0 bridgehead atoms. The molecule has 0 fully saturated rings. The van der Waals surface area contributed by atoms with E-state index in [9.17, 15) is 9.59 Å². The lowest BCUT2D eigenvalue weighted by Gasteiger charge is -2.01. The van der Waals surface area contributed by atoms with E-state index in [4.69, 9.17) is 25.9 Å². The zero-order chi connectivity index (χ0) is 12.3. The van der Waals surface area contributed by atoms with Gasteiger partial charge < -0.3 is 14.3 Å². The monoisotopic (exact) mass is 246 g/mol. The minimum Gasteiger partial charge on any atom is -0.478 e. The summed E-state index contributed by atoms with van der Waals surface area (Å²) in [6.45, 7) is 3.25. The van der Waals surface area contributed by atoms with Gasteiger partial charge in [0.05, 0.1) is 12.5 Å². The Balaban J connectivity index is 3.32. The molecule has 1 aromatic heterocycles. The average molecular weight is 247 g/mol. The van der Waals surface area contributed by atoms with Crippen molar-refractivity contribution in [3.8, 4) is 0 Å². The molecule has 6 heteroatoms. The topological polar surface area (TPSA) is 76.7 Å². The Hall–Kier alpha value is -1.49. The normalized spacial score (nSPS) is 10.2. The number of carboxylic acid groups (broad SMARTS) is 1. The lowest BCUT2D eigenvalue weighted by molar-refractivity contribution is 0.0513. The Morgan fingerprint density at radius 1 is 1.44 bits per heavy atom. The molecule has 0 unspecified atom stereocenters. The average Bonchev–Trinajstić information content (AvgIpc) is 2.55. The second-order valence-corrected chi connectivity index (χ2v) is 3.26. The first kappa shape index (κ1) is 12.6. The predicted octanol–water partition coefficient (Wildman–Crippen LogP) is 2.20. The number of esters is 1. The number of hydrogen-bond donors (Lipinski definition) is 1. The van der Waals surface area contributed by atoms with Crippen LogP contribution in [0.5, 0.6) is 0 Å². The number of furan rings is 1. The SMILES string of the molecule is CCOC(=O)c1c(CCl)oc(C)c1C(=O)O. The summed E-state index contributed by atoms with van der Waals surface area (Å²) in [5, 5.41) is 8.96. The van der Waals surface area contributed by atoms with Crippen LogP contribution in [0.1, 0.15) is 39.2 Å². The summed E-state index contributed by atoms with van der Waals surface area (Å²) in [5.41, 5.74) is -0.282. The number of aryl methyl sites for hydroxylation is 1. The zero-order valence-corrected chi connectivity index (χ0v) is 9.63. The maximum atomic E-state index is 11.6. The maximum absolute atomic E-state index is 11.6. The Kier molecular flexibility index (Phi) is 3.95. The number of halogens is 1. The number of alkyl halides is 1. The van der Waals surface area contributed by atoms with E-state index < -0.39 is 11.9 Å². The predicted molar refractivity (Wildman–Crippen MR) is 55.9 cm³/mol. The first-order valence-electron chi connectivity index (χ1n) is 4.61. The van der Waals surface area contributed by atoms with Gasteiger partial charge in [0.15, 0.2) is 0 Å². The Labute approximate surface area is 96.9 Å². The second kappa shape index (κ2) is 5.03. The second-order valence-electron chi connectivity index (χ2n) is 2.99. The molecule has 0 spiro atoms. The number of ether oxygens (including phenoxy) is 1. The van der Waals surface area contributed by atoms with Gasteiger partial charge in [-0.1, -0.05) is 0 Å². The van der Waals surface area contributed by atoms with E-state index in [-0.39, 0.29) is 35.1 Å². The van der Waals surface area contributed by atoms with Gasteiger partial charge in [-0.05, 0) is 13.8 Å². The van der Waals surface area contributed by atoms with Crippen LogP contribution in [0.2, 0.25) is 0 Å². The van der Waals surface area contributed by atoms with E-state index in [0.717, 1.165) is 0 Å². The smallest absolute Gasteiger partial charge is 0.342 e. The molecule has 0 aliphatic heterocycles. The van der Waals surface area contributed by atoms with E-state index >= 15 is 0 Å². The van der Waals surface area contributed by atoms with Crippen molar-refractivity contribution < 1.29 is 23.8 Å². The van der Waals surface area contributed by atoms with Gasteiger partial charge in [0.25, 0.3) is 0 Å². The van der Waals surface area contributed by atoms with E-state index in [1.807, 2.05) is 0 Å². The number of aromatic carboxylic acids is 1. The number of rotatable bonds is 4. The largest absolute Gasteiger partial charge is 0.478 e. The van der Waals surface area contributed by atoms with Crippen molar-refractivity contribution in [2.75, 3.05) is 6.61 Å². The molecule has 0 aromatic carbocycles. The lowest BCUT2D eigenvalue weighted by Crippen LogP contribution is -2.11. The first-order chi connectivity index (χ1) is 7.52. The Morgan fingerprint density at radius 2 is 2.06 bits per heavy atom. The molecule has 0 amide bonds. The number of carbonyl (C=O) groups is 2. The molecule has 1 rings (SSSR count). The van der Waals surface area contributed by atoms with Gasteiger partial charge in [-0.25, -0.2) is 9.59 Å². The van der Waals surface area contributed by atoms with Crippen LogP contribution >= 0.6 is 11.6 Å². The molecular weight excluding hydrogens is 236 g/mol. The molecular formula is C10H11ClO5. The molecule has 1 heterocycles. The third-order valence-corrected chi connectivity index (χ3v) is 2.21. The van der Waals surface area contributed by atoms with Crippen LogP contribution in [0, 0.1) is 6.92 Å². The van der Waals surface area contributed by atoms with Crippen LogP contribution in [0.15, 0.2) is 4.42 Å². The van der Waals surface area contributed by atoms with E-state index in [0.29, 0.717) is 0 Å². The molecule has 0 saturated heterocycles. The fourth-order valence-corrected chi connectivity index (χ4v) is 1.56. The number of carboxylic acids is 1. The molecule has 88 valence electrons. The molecule has 16 heavy (non-hydrogen) atoms. The van der Waals surface area contributed by atoms with Gasteiger partial charge in [0.2, 0.25) is 0 Å². The highest BCUT2D eigenvalue weighted by Crippen LogP contribution is 2.24. The van der Waals surface area contributed by atoms with Gasteiger partial charge >= 0.3 is 11.9 Å². The van der Waals surface area contributed by atoms with Crippen molar-refractivity contribution in [3.05, 3.63) is 22.6 Å². The highest BCUT2D eigenvalue weighted by atomic mass is 35.5. The third-order valence-electron chi connectivity index (χ3n) is 1.97. The summed E-state index contributed by atoms with van der Waals surface area (Å²) in [5.74, 6) is -1.78. The van der Waals surface area contributed by atoms with Gasteiger partial charge in [-0.2, -0.15) is 0 Å². The van der Waals surface area contributed by atoms with E-state index in [1.54, 1.807) is 6.92 Å². The summed E-state index contributed by atoms with van der Waals surface area (Å²) >= 11 is 5.57. The van der Waals surface area contributed by atoms with Crippen LogP contribution in [0.25, 0.3) is 0 Å². The van der Waals surface area contributed by atoms with Crippen molar-refractivity contribution in [1.29, 1.82) is 0 Å². The van der Waals surface area contributed by atoms with Crippen LogP contribution in [-0.4, -0.2) is 23.7 Å². The molecule has 1 aromatic rings. The summed E-state index contributed by atoms with van der Waals surface area (Å²) < 4.78 is 9.86. The molecule has 0 aliphatic carbocycles. The van der Waals surface area contributed by atoms with Gasteiger partial charge in [0, 0.05) is 0 Å². The summed E-state index contributed by atoms with van der Waals surface area (Å²) in [7, 11) is 0. The van der Waals surface area contributed by atoms with E-state index in [2.05, 4.69) is 0 Å². The highest BCUT2D eigenvalue weighted by molar-refractivity contribution is 6.18. The van der Waals surface area contributed by atoms with Crippen molar-refractivity contribution in [2.24, 2.45) is 0 Å². The molecule has 0 saturated carbocycles. The summed E-state index contributed by atoms with van der Waals surface area (Å²) in [4.78, 5) is 22.5. The summed E-state index contributed by atoms with van der Waals surface area (Å²) in [6, 6.07) is 0. The van der Waals surface area contributed by atoms with Crippen LogP contribution in [0.3, 0.4) is 0 Å².